The minimum atomic E-state index is 0.293. The monoisotopic (exact) mass is 289 g/mol. The van der Waals surface area contributed by atoms with Gasteiger partial charge in [-0.25, -0.2) is 9.97 Å². The van der Waals surface area contributed by atoms with Crippen molar-refractivity contribution in [3.05, 3.63) is 51.9 Å². The van der Waals surface area contributed by atoms with E-state index in [1.165, 1.54) is 11.1 Å². The Bertz CT molecular complexity index is 568. The number of hydrogen-bond donors (Lipinski definition) is 1. The van der Waals surface area contributed by atoms with E-state index >= 15 is 0 Å². The number of anilines is 1. The van der Waals surface area contributed by atoms with Crippen LogP contribution in [-0.4, -0.2) is 9.97 Å². The van der Waals surface area contributed by atoms with Crippen molar-refractivity contribution in [3.63, 3.8) is 0 Å². The molecule has 1 heterocycles. The standard InChI is InChI=1S/C13H12BrN3/c14-11-7-16-13(17-12(11)15)10-6-5-8-3-1-2-4-9(8)10/h1-4,7,10H,5-6H2,(H2,15,16,17). The topological polar surface area (TPSA) is 51.8 Å². The van der Waals surface area contributed by atoms with E-state index in [2.05, 4.69) is 50.2 Å². The number of nitrogens with zero attached hydrogens (tertiary/aromatic N) is 2. The number of benzene rings is 1. The number of rotatable bonds is 1. The van der Waals surface area contributed by atoms with Crippen LogP contribution in [0.4, 0.5) is 5.82 Å². The van der Waals surface area contributed by atoms with Crippen molar-refractivity contribution in [3.8, 4) is 0 Å². The number of hydrogen-bond acceptors (Lipinski definition) is 3. The molecule has 86 valence electrons. The summed E-state index contributed by atoms with van der Waals surface area (Å²) in [4.78, 5) is 8.76. The van der Waals surface area contributed by atoms with Crippen molar-refractivity contribution < 1.29 is 0 Å². The first-order valence-corrected chi connectivity index (χ1v) is 6.40. The third kappa shape index (κ3) is 1.82. The zero-order chi connectivity index (χ0) is 11.8. The lowest BCUT2D eigenvalue weighted by Gasteiger charge is -2.10. The fraction of sp³-hybridized carbons (Fsp3) is 0.231. The molecule has 0 amide bonds. The van der Waals surface area contributed by atoms with Gasteiger partial charge < -0.3 is 5.73 Å². The predicted octanol–water partition coefficient (Wildman–Crippen LogP) is 2.90. The highest BCUT2D eigenvalue weighted by molar-refractivity contribution is 9.10. The van der Waals surface area contributed by atoms with Crippen molar-refractivity contribution >= 4 is 21.7 Å². The molecule has 3 nitrogen and oxygen atoms in total. The first kappa shape index (κ1) is 10.7. The molecule has 1 aromatic heterocycles. The Morgan fingerprint density at radius 2 is 2.12 bits per heavy atom. The Balaban J connectivity index is 2.04. The van der Waals surface area contributed by atoms with Gasteiger partial charge in [0.15, 0.2) is 0 Å². The molecule has 0 saturated heterocycles. The molecule has 0 saturated carbocycles. The Labute approximate surface area is 108 Å². The Kier molecular flexibility index (Phi) is 2.59. The molecular formula is C13H12BrN3. The van der Waals surface area contributed by atoms with Crippen LogP contribution in [0.5, 0.6) is 0 Å². The molecule has 2 aromatic rings. The molecular weight excluding hydrogens is 278 g/mol. The van der Waals surface area contributed by atoms with Crippen LogP contribution in [0.3, 0.4) is 0 Å². The van der Waals surface area contributed by atoms with Gasteiger partial charge in [0.2, 0.25) is 0 Å². The molecule has 1 unspecified atom stereocenters. The molecule has 0 aliphatic heterocycles. The van der Waals surface area contributed by atoms with Crippen LogP contribution in [0.15, 0.2) is 34.9 Å². The lowest BCUT2D eigenvalue weighted by atomic mass is 10.0. The van der Waals surface area contributed by atoms with Crippen LogP contribution >= 0.6 is 15.9 Å². The molecule has 1 atom stereocenters. The minimum absolute atomic E-state index is 0.293. The van der Waals surface area contributed by atoms with Crippen LogP contribution in [0, 0.1) is 0 Å². The molecule has 1 aliphatic carbocycles. The Morgan fingerprint density at radius 3 is 2.94 bits per heavy atom. The number of halogens is 1. The van der Waals surface area contributed by atoms with Crippen molar-refractivity contribution in [2.45, 2.75) is 18.8 Å². The van der Waals surface area contributed by atoms with E-state index in [-0.39, 0.29) is 0 Å². The second-order valence-electron chi connectivity index (χ2n) is 4.25. The lowest BCUT2D eigenvalue weighted by Crippen LogP contribution is -2.05. The predicted molar refractivity (Wildman–Crippen MR) is 70.8 cm³/mol. The fourth-order valence-corrected chi connectivity index (χ4v) is 2.58. The molecule has 1 aromatic carbocycles. The third-order valence-electron chi connectivity index (χ3n) is 3.23. The summed E-state index contributed by atoms with van der Waals surface area (Å²) in [7, 11) is 0. The highest BCUT2D eigenvalue weighted by Gasteiger charge is 2.25. The number of fused-ring (bicyclic) bond motifs is 1. The molecule has 0 radical (unpaired) electrons. The number of aryl methyl sites for hydroxylation is 1. The van der Waals surface area contributed by atoms with Crippen LogP contribution in [-0.2, 0) is 6.42 Å². The Hall–Kier alpha value is -1.42. The summed E-state index contributed by atoms with van der Waals surface area (Å²) < 4.78 is 0.757. The van der Waals surface area contributed by atoms with Crippen LogP contribution in [0.2, 0.25) is 0 Å². The minimum Gasteiger partial charge on any atom is -0.383 e. The third-order valence-corrected chi connectivity index (χ3v) is 3.85. The summed E-state index contributed by atoms with van der Waals surface area (Å²) in [6.45, 7) is 0. The second-order valence-corrected chi connectivity index (χ2v) is 5.11. The molecule has 1 aliphatic rings. The number of nitrogens with two attached hydrogens (primary N) is 1. The maximum Gasteiger partial charge on any atom is 0.141 e. The van der Waals surface area contributed by atoms with Gasteiger partial charge in [0.05, 0.1) is 4.47 Å². The second kappa shape index (κ2) is 4.11. The summed E-state index contributed by atoms with van der Waals surface area (Å²) in [5.74, 6) is 1.64. The summed E-state index contributed by atoms with van der Waals surface area (Å²) in [5, 5.41) is 0. The maximum absolute atomic E-state index is 5.81. The molecule has 3 rings (SSSR count). The normalized spacial score (nSPS) is 18.1. The number of nitrogen functional groups attached to an aromatic ring is 1. The van der Waals surface area contributed by atoms with Gasteiger partial charge in [0, 0.05) is 12.1 Å². The Morgan fingerprint density at radius 1 is 1.29 bits per heavy atom. The molecule has 0 spiro atoms. The summed E-state index contributed by atoms with van der Waals surface area (Å²) in [6, 6.07) is 8.49. The lowest BCUT2D eigenvalue weighted by molar-refractivity contribution is 0.729. The van der Waals surface area contributed by atoms with Gasteiger partial charge in [-0.1, -0.05) is 24.3 Å². The smallest absolute Gasteiger partial charge is 0.141 e. The van der Waals surface area contributed by atoms with E-state index in [9.17, 15) is 0 Å². The van der Waals surface area contributed by atoms with E-state index in [4.69, 9.17) is 5.73 Å². The zero-order valence-electron chi connectivity index (χ0n) is 9.23. The van der Waals surface area contributed by atoms with Gasteiger partial charge in [-0.2, -0.15) is 0 Å². The van der Waals surface area contributed by atoms with Crippen LogP contribution in [0.1, 0.15) is 29.3 Å². The molecule has 4 heteroatoms. The van der Waals surface area contributed by atoms with Crippen LogP contribution < -0.4 is 5.73 Å². The van der Waals surface area contributed by atoms with E-state index < -0.39 is 0 Å². The highest BCUT2D eigenvalue weighted by atomic mass is 79.9. The highest BCUT2D eigenvalue weighted by Crippen LogP contribution is 2.36. The maximum atomic E-state index is 5.81. The quantitative estimate of drug-likeness (QED) is 0.878. The summed E-state index contributed by atoms with van der Waals surface area (Å²) in [5.41, 5.74) is 8.56. The van der Waals surface area contributed by atoms with E-state index in [0.29, 0.717) is 11.7 Å². The van der Waals surface area contributed by atoms with Crippen molar-refractivity contribution in [2.24, 2.45) is 0 Å². The first-order chi connectivity index (χ1) is 8.25. The SMILES string of the molecule is Nc1nc(C2CCc3ccccc32)ncc1Br. The molecule has 0 bridgehead atoms. The van der Waals surface area contributed by atoms with Gasteiger partial charge in [-0.15, -0.1) is 0 Å². The average molecular weight is 290 g/mol. The molecule has 17 heavy (non-hydrogen) atoms. The van der Waals surface area contributed by atoms with Gasteiger partial charge in [0.1, 0.15) is 11.6 Å². The van der Waals surface area contributed by atoms with Crippen molar-refractivity contribution in [1.82, 2.24) is 9.97 Å². The fourth-order valence-electron chi connectivity index (χ4n) is 2.39. The van der Waals surface area contributed by atoms with Gasteiger partial charge in [-0.05, 0) is 39.9 Å². The number of aromatic nitrogens is 2. The van der Waals surface area contributed by atoms with E-state index in [1.807, 2.05) is 0 Å². The van der Waals surface area contributed by atoms with Gasteiger partial charge in [-0.3, -0.25) is 0 Å². The van der Waals surface area contributed by atoms with Gasteiger partial charge in [0.25, 0.3) is 0 Å². The largest absolute Gasteiger partial charge is 0.383 e. The first-order valence-electron chi connectivity index (χ1n) is 5.61. The average Bonchev–Trinajstić information content (AvgIpc) is 2.76. The zero-order valence-corrected chi connectivity index (χ0v) is 10.8. The molecule has 0 fully saturated rings. The van der Waals surface area contributed by atoms with Crippen LogP contribution in [0.25, 0.3) is 0 Å². The van der Waals surface area contributed by atoms with Crippen molar-refractivity contribution in [1.29, 1.82) is 0 Å². The summed E-state index contributed by atoms with van der Waals surface area (Å²) in [6.07, 6.45) is 3.90. The van der Waals surface area contributed by atoms with Crippen molar-refractivity contribution in [2.75, 3.05) is 5.73 Å². The van der Waals surface area contributed by atoms with E-state index in [1.54, 1.807) is 6.20 Å². The summed E-state index contributed by atoms with van der Waals surface area (Å²) >= 11 is 3.32. The van der Waals surface area contributed by atoms with Gasteiger partial charge >= 0.3 is 0 Å². The molecule has 2 N–H and O–H groups in total. The van der Waals surface area contributed by atoms with E-state index in [0.717, 1.165) is 23.1 Å².